The van der Waals surface area contributed by atoms with Gasteiger partial charge in [0.1, 0.15) is 6.61 Å². The molecule has 3 rings (SSSR count). The second kappa shape index (κ2) is 8.67. The summed E-state index contributed by atoms with van der Waals surface area (Å²) in [6, 6.07) is 7.66. The second-order valence-electron chi connectivity index (χ2n) is 7.26. The van der Waals surface area contributed by atoms with Crippen molar-refractivity contribution in [2.24, 2.45) is 5.92 Å². The summed E-state index contributed by atoms with van der Waals surface area (Å²) < 4.78 is 4.99. The Labute approximate surface area is 160 Å². The van der Waals surface area contributed by atoms with Crippen LogP contribution in [0.1, 0.15) is 36.8 Å². The topological polar surface area (TPSA) is 78.9 Å². The first-order valence-electron chi connectivity index (χ1n) is 9.52. The summed E-state index contributed by atoms with van der Waals surface area (Å²) in [6.07, 6.45) is 5.89. The molecule has 6 nitrogen and oxygen atoms in total. The zero-order chi connectivity index (χ0) is 19.4. The van der Waals surface area contributed by atoms with E-state index >= 15 is 0 Å². The lowest BCUT2D eigenvalue weighted by Crippen LogP contribution is -2.69. The van der Waals surface area contributed by atoms with Crippen LogP contribution in [0.2, 0.25) is 0 Å². The van der Waals surface area contributed by atoms with E-state index in [0.29, 0.717) is 6.54 Å². The number of ether oxygens (including phenoxy) is 1. The van der Waals surface area contributed by atoms with Gasteiger partial charge in [-0.05, 0) is 30.9 Å². The molecule has 1 saturated heterocycles. The number of carbonyl (C=O) groups is 2. The van der Waals surface area contributed by atoms with Crippen LogP contribution in [0.15, 0.2) is 30.3 Å². The van der Waals surface area contributed by atoms with Crippen molar-refractivity contribution in [3.8, 4) is 0 Å². The van der Waals surface area contributed by atoms with Gasteiger partial charge in [0.25, 0.3) is 0 Å². The van der Waals surface area contributed by atoms with E-state index in [9.17, 15) is 14.7 Å². The maximum Gasteiger partial charge on any atom is 0.249 e. The number of likely N-dealkylation sites (tertiary alicyclic amines) is 1. The minimum atomic E-state index is -0.303. The van der Waals surface area contributed by atoms with E-state index in [4.69, 9.17) is 4.74 Å². The number of rotatable bonds is 8. The Morgan fingerprint density at radius 1 is 1.26 bits per heavy atom. The number of nitrogens with zero attached hydrogens (tertiary/aromatic N) is 1. The van der Waals surface area contributed by atoms with Gasteiger partial charge in [-0.25, -0.2) is 0 Å². The lowest BCUT2D eigenvalue weighted by molar-refractivity contribution is -0.155. The summed E-state index contributed by atoms with van der Waals surface area (Å²) in [6.45, 7) is 2.21. The maximum absolute atomic E-state index is 12.5. The van der Waals surface area contributed by atoms with E-state index in [1.54, 1.807) is 4.90 Å². The van der Waals surface area contributed by atoms with Crippen molar-refractivity contribution in [2.45, 2.75) is 37.8 Å². The SMILES string of the molecule is C/C=C/c1ccc([C@H]2[C@@H](CO)N(C(=O)COC)[C@@H]2CNC(=O)C2CC2)cc1. The molecule has 1 heterocycles. The van der Waals surface area contributed by atoms with Gasteiger partial charge in [0, 0.05) is 25.5 Å². The van der Waals surface area contributed by atoms with E-state index in [1.807, 2.05) is 43.3 Å². The van der Waals surface area contributed by atoms with Crippen LogP contribution < -0.4 is 5.32 Å². The lowest BCUT2D eigenvalue weighted by atomic mass is 9.74. The van der Waals surface area contributed by atoms with Gasteiger partial charge in [-0.3, -0.25) is 9.59 Å². The lowest BCUT2D eigenvalue weighted by Gasteiger charge is -2.55. The van der Waals surface area contributed by atoms with Gasteiger partial charge in [0.05, 0.1) is 18.7 Å². The number of benzene rings is 1. The fraction of sp³-hybridized carbons (Fsp3) is 0.524. The minimum absolute atomic E-state index is 0.0186. The third kappa shape index (κ3) is 4.22. The normalized spacial score (nSPS) is 24.7. The molecule has 3 atom stereocenters. The monoisotopic (exact) mass is 372 g/mol. The highest BCUT2D eigenvalue weighted by atomic mass is 16.5. The zero-order valence-electron chi connectivity index (χ0n) is 15.9. The molecule has 1 aliphatic carbocycles. The smallest absolute Gasteiger partial charge is 0.249 e. The van der Waals surface area contributed by atoms with Gasteiger partial charge in [0.2, 0.25) is 11.8 Å². The van der Waals surface area contributed by atoms with Crippen molar-refractivity contribution in [1.82, 2.24) is 10.2 Å². The Hall–Kier alpha value is -2.18. The molecule has 1 saturated carbocycles. The molecule has 1 aromatic rings. The van der Waals surface area contributed by atoms with Crippen molar-refractivity contribution in [3.05, 3.63) is 41.5 Å². The number of aliphatic hydroxyl groups excluding tert-OH is 1. The largest absolute Gasteiger partial charge is 0.394 e. The first-order chi connectivity index (χ1) is 13.1. The molecule has 146 valence electrons. The Morgan fingerprint density at radius 2 is 1.96 bits per heavy atom. The van der Waals surface area contributed by atoms with Crippen LogP contribution in [0.3, 0.4) is 0 Å². The van der Waals surface area contributed by atoms with Crippen LogP contribution in [0.5, 0.6) is 0 Å². The van der Waals surface area contributed by atoms with Gasteiger partial charge in [0.15, 0.2) is 0 Å². The van der Waals surface area contributed by atoms with Gasteiger partial charge >= 0.3 is 0 Å². The Kier molecular flexibility index (Phi) is 6.29. The minimum Gasteiger partial charge on any atom is -0.394 e. The maximum atomic E-state index is 12.5. The fourth-order valence-electron chi connectivity index (χ4n) is 3.90. The molecule has 1 aromatic carbocycles. The number of hydrogen-bond donors (Lipinski definition) is 2. The summed E-state index contributed by atoms with van der Waals surface area (Å²) in [4.78, 5) is 26.2. The molecule has 0 bridgehead atoms. The van der Waals surface area contributed by atoms with E-state index in [0.717, 1.165) is 24.0 Å². The average Bonchev–Trinajstić information content (AvgIpc) is 3.48. The summed E-state index contributed by atoms with van der Waals surface area (Å²) in [5.74, 6) is 0.00292. The first-order valence-corrected chi connectivity index (χ1v) is 9.52. The molecular formula is C21H28N2O4. The fourth-order valence-corrected chi connectivity index (χ4v) is 3.90. The molecule has 2 N–H and O–H groups in total. The Morgan fingerprint density at radius 3 is 2.52 bits per heavy atom. The van der Waals surface area contributed by atoms with Crippen LogP contribution in [0.25, 0.3) is 6.08 Å². The molecule has 0 spiro atoms. The number of carbonyl (C=O) groups excluding carboxylic acids is 2. The highest BCUT2D eigenvalue weighted by Gasteiger charge is 2.51. The highest BCUT2D eigenvalue weighted by molar-refractivity contribution is 5.82. The molecule has 1 aliphatic heterocycles. The predicted octanol–water partition coefficient (Wildman–Crippen LogP) is 1.55. The number of methoxy groups -OCH3 is 1. The van der Waals surface area contributed by atoms with Crippen molar-refractivity contribution in [3.63, 3.8) is 0 Å². The van der Waals surface area contributed by atoms with Gasteiger partial charge in [-0.1, -0.05) is 36.4 Å². The van der Waals surface area contributed by atoms with Crippen molar-refractivity contribution >= 4 is 17.9 Å². The van der Waals surface area contributed by atoms with E-state index < -0.39 is 0 Å². The summed E-state index contributed by atoms with van der Waals surface area (Å²) >= 11 is 0. The predicted molar refractivity (Wildman–Crippen MR) is 103 cm³/mol. The van der Waals surface area contributed by atoms with Crippen LogP contribution >= 0.6 is 0 Å². The third-order valence-corrected chi connectivity index (χ3v) is 5.40. The number of aliphatic hydroxyl groups is 1. The highest BCUT2D eigenvalue weighted by Crippen LogP contribution is 2.41. The van der Waals surface area contributed by atoms with Crippen molar-refractivity contribution < 1.29 is 19.4 Å². The van der Waals surface area contributed by atoms with Crippen LogP contribution in [0.4, 0.5) is 0 Å². The average molecular weight is 372 g/mol. The zero-order valence-corrected chi connectivity index (χ0v) is 15.9. The molecule has 2 aliphatic rings. The standard InChI is InChI=1S/C21H28N2O4/c1-3-4-14-5-7-15(8-6-14)20-17(11-22-21(26)16-9-10-16)23(18(20)12-24)19(25)13-27-2/h3-8,16-18,20,24H,9-13H2,1-2H3,(H,22,26)/b4-3+/t17-,18-,20-/m1/s1. The quantitative estimate of drug-likeness (QED) is 0.726. The third-order valence-electron chi connectivity index (χ3n) is 5.40. The number of hydrogen-bond acceptors (Lipinski definition) is 4. The molecule has 0 radical (unpaired) electrons. The Bertz CT molecular complexity index is 697. The molecule has 2 fully saturated rings. The summed E-state index contributed by atoms with van der Waals surface area (Å²) in [5, 5.41) is 12.9. The van der Waals surface area contributed by atoms with Crippen LogP contribution in [0, 0.1) is 5.92 Å². The van der Waals surface area contributed by atoms with Gasteiger partial charge in [-0.2, -0.15) is 0 Å². The van der Waals surface area contributed by atoms with E-state index in [1.165, 1.54) is 7.11 Å². The molecule has 0 aromatic heterocycles. The number of allylic oxidation sites excluding steroid dienone is 1. The van der Waals surface area contributed by atoms with Crippen molar-refractivity contribution in [2.75, 3.05) is 26.9 Å². The molecule has 27 heavy (non-hydrogen) atoms. The van der Waals surface area contributed by atoms with E-state index in [2.05, 4.69) is 5.32 Å². The van der Waals surface area contributed by atoms with Crippen molar-refractivity contribution in [1.29, 1.82) is 0 Å². The molecule has 6 heteroatoms. The summed E-state index contributed by atoms with van der Waals surface area (Å²) in [5.41, 5.74) is 2.17. The van der Waals surface area contributed by atoms with Gasteiger partial charge < -0.3 is 20.1 Å². The molecule has 0 unspecified atom stereocenters. The first kappa shape index (κ1) is 19.6. The number of nitrogens with one attached hydrogen (secondary N) is 1. The van der Waals surface area contributed by atoms with Crippen LogP contribution in [-0.2, 0) is 14.3 Å². The number of amides is 2. The molecule has 2 amide bonds. The summed E-state index contributed by atoms with van der Waals surface area (Å²) in [7, 11) is 1.48. The molecular weight excluding hydrogens is 344 g/mol. The van der Waals surface area contributed by atoms with Gasteiger partial charge in [-0.15, -0.1) is 0 Å². The Balaban J connectivity index is 1.78. The van der Waals surface area contributed by atoms with Crippen LogP contribution in [-0.4, -0.2) is 60.8 Å². The van der Waals surface area contributed by atoms with E-state index in [-0.39, 0.29) is 48.9 Å². The second-order valence-corrected chi connectivity index (χ2v) is 7.26.